The van der Waals surface area contributed by atoms with Crippen LogP contribution in [-0.2, 0) is 5.75 Å². The van der Waals surface area contributed by atoms with Gasteiger partial charge in [-0.3, -0.25) is 4.98 Å². The first-order chi connectivity index (χ1) is 8.65. The third-order valence-corrected chi connectivity index (χ3v) is 3.09. The van der Waals surface area contributed by atoms with Crippen LogP contribution in [-0.4, -0.2) is 26.0 Å². The zero-order valence-corrected chi connectivity index (χ0v) is 10.5. The second kappa shape index (κ2) is 5.59. The molecule has 2 aromatic rings. The van der Waals surface area contributed by atoms with Gasteiger partial charge in [-0.1, -0.05) is 11.8 Å². The van der Waals surface area contributed by atoms with Crippen LogP contribution in [0.4, 0.5) is 0 Å². The Balaban J connectivity index is 1.97. The van der Waals surface area contributed by atoms with Crippen LogP contribution in [0.25, 0.3) is 0 Å². The molecule has 18 heavy (non-hydrogen) atoms. The summed E-state index contributed by atoms with van der Waals surface area (Å²) >= 11 is 1.46. The third kappa shape index (κ3) is 3.27. The van der Waals surface area contributed by atoms with E-state index in [1.54, 1.807) is 24.5 Å². The van der Waals surface area contributed by atoms with Gasteiger partial charge in [-0.05, 0) is 24.6 Å². The highest BCUT2D eigenvalue weighted by Gasteiger charge is 2.04. The van der Waals surface area contributed by atoms with Gasteiger partial charge in [-0.2, -0.15) is 0 Å². The Morgan fingerprint density at radius 1 is 1.22 bits per heavy atom. The lowest BCUT2D eigenvalue weighted by Crippen LogP contribution is -1.98. The van der Waals surface area contributed by atoms with Crippen LogP contribution in [0.2, 0.25) is 0 Å². The van der Waals surface area contributed by atoms with Crippen molar-refractivity contribution in [1.82, 2.24) is 15.0 Å². The van der Waals surface area contributed by atoms with Crippen LogP contribution in [0.5, 0.6) is 0 Å². The van der Waals surface area contributed by atoms with Crippen LogP contribution in [0.1, 0.15) is 21.6 Å². The van der Waals surface area contributed by atoms with E-state index in [2.05, 4.69) is 15.0 Å². The van der Waals surface area contributed by atoms with Crippen LogP contribution in [0.15, 0.2) is 35.9 Å². The first-order valence-electron chi connectivity index (χ1n) is 5.25. The maximum absolute atomic E-state index is 10.7. The highest BCUT2D eigenvalue weighted by Crippen LogP contribution is 2.17. The van der Waals surface area contributed by atoms with Gasteiger partial charge in [-0.25, -0.2) is 14.8 Å². The zero-order chi connectivity index (χ0) is 13.0. The average molecular weight is 261 g/mol. The van der Waals surface area contributed by atoms with Crippen molar-refractivity contribution in [2.45, 2.75) is 17.8 Å². The Hall–Kier alpha value is -1.95. The maximum atomic E-state index is 10.7. The maximum Gasteiger partial charge on any atom is 0.337 e. The molecule has 0 aliphatic rings. The van der Waals surface area contributed by atoms with Crippen molar-refractivity contribution in [2.75, 3.05) is 0 Å². The van der Waals surface area contributed by atoms with E-state index < -0.39 is 5.97 Å². The van der Waals surface area contributed by atoms with Crippen molar-refractivity contribution in [1.29, 1.82) is 0 Å². The van der Waals surface area contributed by atoms with Gasteiger partial charge in [0.05, 0.1) is 11.3 Å². The molecule has 0 aliphatic heterocycles. The number of thioether (sulfide) groups is 1. The molecule has 0 aromatic carbocycles. The summed E-state index contributed by atoms with van der Waals surface area (Å²) in [6.45, 7) is 1.93. The SMILES string of the molecule is Cc1cnc(SCc2ccc(C(=O)O)cn2)nc1. The number of aromatic nitrogens is 3. The quantitative estimate of drug-likeness (QED) is 0.671. The fourth-order valence-corrected chi connectivity index (χ4v) is 1.93. The summed E-state index contributed by atoms with van der Waals surface area (Å²) in [4.78, 5) is 23.1. The number of rotatable bonds is 4. The number of aromatic carboxylic acids is 1. The Kier molecular flexibility index (Phi) is 3.88. The van der Waals surface area contributed by atoms with E-state index in [1.165, 1.54) is 18.0 Å². The molecule has 1 N–H and O–H groups in total. The van der Waals surface area contributed by atoms with E-state index in [4.69, 9.17) is 5.11 Å². The van der Waals surface area contributed by atoms with E-state index in [9.17, 15) is 4.79 Å². The molecule has 0 unspecified atom stereocenters. The van der Waals surface area contributed by atoms with Gasteiger partial charge < -0.3 is 5.11 Å². The lowest BCUT2D eigenvalue weighted by Gasteiger charge is -2.01. The highest BCUT2D eigenvalue weighted by molar-refractivity contribution is 7.98. The molecule has 2 rings (SSSR count). The molecule has 0 spiro atoms. The van der Waals surface area contributed by atoms with Gasteiger partial charge in [0.15, 0.2) is 5.16 Å². The van der Waals surface area contributed by atoms with Crippen molar-refractivity contribution in [2.24, 2.45) is 0 Å². The molecule has 5 nitrogen and oxygen atoms in total. The zero-order valence-electron chi connectivity index (χ0n) is 9.70. The largest absolute Gasteiger partial charge is 0.478 e. The van der Waals surface area contributed by atoms with Gasteiger partial charge in [0, 0.05) is 24.3 Å². The fraction of sp³-hybridized carbons (Fsp3) is 0.167. The summed E-state index contributed by atoms with van der Waals surface area (Å²) in [5.74, 6) is -0.355. The number of hydrogen-bond donors (Lipinski definition) is 1. The highest BCUT2D eigenvalue weighted by atomic mass is 32.2. The van der Waals surface area contributed by atoms with Crippen LogP contribution < -0.4 is 0 Å². The molecule has 0 atom stereocenters. The molecule has 0 aliphatic carbocycles. The molecule has 0 radical (unpaired) electrons. The van der Waals surface area contributed by atoms with Gasteiger partial charge in [0.2, 0.25) is 0 Å². The topological polar surface area (TPSA) is 76.0 Å². The molecule has 0 saturated heterocycles. The Labute approximate surface area is 108 Å². The second-order valence-electron chi connectivity index (χ2n) is 3.68. The van der Waals surface area contributed by atoms with Crippen LogP contribution in [0.3, 0.4) is 0 Å². The minimum Gasteiger partial charge on any atom is -0.478 e. The third-order valence-electron chi connectivity index (χ3n) is 2.18. The summed E-state index contributed by atoms with van der Waals surface area (Å²) in [7, 11) is 0. The standard InChI is InChI=1S/C12H11N3O2S/c1-8-4-14-12(15-5-8)18-7-10-3-2-9(6-13-10)11(16)17/h2-6H,7H2,1H3,(H,16,17). The molecule has 6 heteroatoms. The van der Waals surface area contributed by atoms with Crippen LogP contribution in [0, 0.1) is 6.92 Å². The fourth-order valence-electron chi connectivity index (χ4n) is 1.23. The summed E-state index contributed by atoms with van der Waals surface area (Å²) in [6, 6.07) is 3.24. The van der Waals surface area contributed by atoms with Gasteiger partial charge in [0.25, 0.3) is 0 Å². The summed E-state index contributed by atoms with van der Waals surface area (Å²) in [6.07, 6.45) is 4.88. The van der Waals surface area contributed by atoms with E-state index in [0.717, 1.165) is 11.3 Å². The van der Waals surface area contributed by atoms with Crippen molar-refractivity contribution < 1.29 is 9.90 Å². The first kappa shape index (κ1) is 12.5. The molecule has 0 saturated carbocycles. The minimum absolute atomic E-state index is 0.190. The first-order valence-corrected chi connectivity index (χ1v) is 6.23. The molecular weight excluding hydrogens is 250 g/mol. The monoisotopic (exact) mass is 261 g/mol. The molecular formula is C12H11N3O2S. The van der Waals surface area contributed by atoms with E-state index >= 15 is 0 Å². The number of aryl methyl sites for hydroxylation is 1. The molecule has 0 bridgehead atoms. The number of carboxylic acids is 1. The lowest BCUT2D eigenvalue weighted by molar-refractivity contribution is 0.0696. The number of carboxylic acid groups (broad SMARTS) is 1. The van der Waals surface area contributed by atoms with Gasteiger partial charge in [-0.15, -0.1) is 0 Å². The Bertz CT molecular complexity index is 540. The van der Waals surface area contributed by atoms with Gasteiger partial charge in [0.1, 0.15) is 0 Å². The van der Waals surface area contributed by atoms with E-state index in [1.807, 2.05) is 6.92 Å². The van der Waals surface area contributed by atoms with E-state index in [0.29, 0.717) is 10.9 Å². The van der Waals surface area contributed by atoms with Crippen LogP contribution >= 0.6 is 11.8 Å². The lowest BCUT2D eigenvalue weighted by atomic mass is 10.2. The normalized spacial score (nSPS) is 10.3. The Morgan fingerprint density at radius 3 is 2.50 bits per heavy atom. The van der Waals surface area contributed by atoms with Crippen molar-refractivity contribution in [3.8, 4) is 0 Å². The molecule has 92 valence electrons. The number of carbonyl (C=O) groups is 1. The summed E-state index contributed by atoms with van der Waals surface area (Å²) in [5, 5.41) is 9.43. The van der Waals surface area contributed by atoms with Gasteiger partial charge >= 0.3 is 5.97 Å². The Morgan fingerprint density at radius 2 is 1.94 bits per heavy atom. The number of hydrogen-bond acceptors (Lipinski definition) is 5. The summed E-state index contributed by atoms with van der Waals surface area (Å²) < 4.78 is 0. The second-order valence-corrected chi connectivity index (χ2v) is 4.62. The molecule has 0 fully saturated rings. The smallest absolute Gasteiger partial charge is 0.337 e. The predicted molar refractivity (Wildman–Crippen MR) is 67.5 cm³/mol. The predicted octanol–water partition coefficient (Wildman–Crippen LogP) is 2.17. The minimum atomic E-state index is -0.969. The molecule has 2 aromatic heterocycles. The van der Waals surface area contributed by atoms with Crippen molar-refractivity contribution in [3.05, 3.63) is 47.5 Å². The van der Waals surface area contributed by atoms with Crippen molar-refractivity contribution >= 4 is 17.7 Å². The molecule has 0 amide bonds. The molecule has 2 heterocycles. The average Bonchev–Trinajstić information content (AvgIpc) is 2.38. The summed E-state index contributed by atoms with van der Waals surface area (Å²) in [5.41, 5.74) is 2.01. The van der Waals surface area contributed by atoms with E-state index in [-0.39, 0.29) is 5.56 Å². The van der Waals surface area contributed by atoms with Crippen molar-refractivity contribution in [3.63, 3.8) is 0 Å². The number of pyridine rings is 1. The number of nitrogens with zero attached hydrogens (tertiary/aromatic N) is 3.